The van der Waals surface area contributed by atoms with Crippen molar-refractivity contribution in [3.05, 3.63) is 11.8 Å². The fraction of sp³-hybridized carbons (Fsp3) is 0.750. The van der Waals surface area contributed by atoms with Gasteiger partial charge < -0.3 is 15.2 Å². The third-order valence-corrected chi connectivity index (χ3v) is 6.29. The van der Waals surface area contributed by atoms with Crippen LogP contribution in [0.25, 0.3) is 5.57 Å². The summed E-state index contributed by atoms with van der Waals surface area (Å²) in [5.41, 5.74) is 5.91. The standard InChI is InChI=1S/C20H35N4O3S2/c1-4-5-6-7-12-26-19-18(22-29-23-19)16-9-8-11-24(2,14-16)15-27-20(25)17(21)10-13-28-3/h9,17H,4-8,10-15,21H2,1-3H3/q+1/p+1/t17-,24?/m0/s1. The first kappa shape index (κ1) is 24.1. The first-order valence-corrected chi connectivity index (χ1v) is 12.6. The normalized spacial score (nSPS) is 20.2. The fourth-order valence-corrected chi connectivity index (χ4v) is 4.32. The number of rotatable bonds is 13. The van der Waals surface area contributed by atoms with Gasteiger partial charge in [0, 0.05) is 18.4 Å². The molecule has 7 nitrogen and oxygen atoms in total. The average Bonchev–Trinajstić information content (AvgIpc) is 3.18. The first-order valence-electron chi connectivity index (χ1n) is 10.5. The van der Waals surface area contributed by atoms with Crippen molar-refractivity contribution in [2.24, 2.45) is 0 Å². The van der Waals surface area contributed by atoms with Crippen molar-refractivity contribution >= 4 is 35.0 Å². The summed E-state index contributed by atoms with van der Waals surface area (Å²) in [5.74, 6) is 1.35. The number of nitrogens with zero attached hydrogens (tertiary/aromatic N) is 3. The highest BCUT2D eigenvalue weighted by Crippen LogP contribution is 2.30. The molecule has 1 unspecified atom stereocenters. The maximum atomic E-state index is 12.2. The molecule has 0 bridgehead atoms. The largest absolute Gasteiger partial charge is 0.475 e. The first-order chi connectivity index (χ1) is 14.0. The van der Waals surface area contributed by atoms with Gasteiger partial charge >= 0.3 is 5.97 Å². The molecule has 0 aromatic carbocycles. The van der Waals surface area contributed by atoms with E-state index in [1.807, 2.05) is 6.26 Å². The zero-order valence-corrected chi connectivity index (χ0v) is 19.7. The third kappa shape index (κ3) is 7.88. The zero-order chi connectivity index (χ0) is 21.1. The summed E-state index contributed by atoms with van der Waals surface area (Å²) in [4.78, 5) is 12.2. The van der Waals surface area contributed by atoms with Gasteiger partial charge in [-0.2, -0.15) is 16.1 Å². The molecule has 164 valence electrons. The van der Waals surface area contributed by atoms with Crippen molar-refractivity contribution in [1.29, 1.82) is 0 Å². The van der Waals surface area contributed by atoms with Gasteiger partial charge in [0.05, 0.1) is 31.9 Å². The molecule has 2 rings (SSSR count). The molecule has 29 heavy (non-hydrogen) atoms. The summed E-state index contributed by atoms with van der Waals surface area (Å²) < 4.78 is 21.0. The van der Waals surface area contributed by atoms with E-state index in [2.05, 4.69) is 34.5 Å². The zero-order valence-electron chi connectivity index (χ0n) is 18.0. The van der Waals surface area contributed by atoms with Crippen LogP contribution in [0.3, 0.4) is 0 Å². The number of hydrogen-bond acceptors (Lipinski definition) is 7. The molecule has 0 saturated heterocycles. The molecule has 2 heterocycles. The Morgan fingerprint density at radius 3 is 2.97 bits per heavy atom. The molecule has 1 aromatic rings. The molecule has 1 aliphatic heterocycles. The van der Waals surface area contributed by atoms with Crippen LogP contribution in [0.1, 0.15) is 51.1 Å². The van der Waals surface area contributed by atoms with Crippen molar-refractivity contribution in [3.8, 4) is 5.88 Å². The lowest BCUT2D eigenvalue weighted by Gasteiger charge is -2.36. The second-order valence-corrected chi connectivity index (χ2v) is 9.43. The van der Waals surface area contributed by atoms with Crippen LogP contribution in [0, 0.1) is 0 Å². The number of esters is 1. The number of thioether (sulfide) groups is 1. The van der Waals surface area contributed by atoms with Gasteiger partial charge in [0.25, 0.3) is 5.88 Å². The maximum Gasteiger partial charge on any atom is 0.369 e. The molecule has 1 aromatic heterocycles. The van der Waals surface area contributed by atoms with Gasteiger partial charge in [-0.05, 0) is 18.4 Å². The summed E-state index contributed by atoms with van der Waals surface area (Å²) >= 11 is 2.91. The van der Waals surface area contributed by atoms with Crippen LogP contribution in [0.15, 0.2) is 6.08 Å². The Balaban J connectivity index is 1.89. The molecule has 0 aliphatic carbocycles. The molecule has 0 spiro atoms. The monoisotopic (exact) mass is 444 g/mol. The Labute approximate surface area is 182 Å². The van der Waals surface area contributed by atoms with E-state index in [-0.39, 0.29) is 12.0 Å². The van der Waals surface area contributed by atoms with Crippen molar-refractivity contribution in [1.82, 2.24) is 8.75 Å². The van der Waals surface area contributed by atoms with E-state index in [0.717, 1.165) is 49.4 Å². The Bertz CT molecular complexity index is 668. The number of hydrogen-bond donors (Lipinski definition) is 1. The Hall–Kier alpha value is -1.16. The fourth-order valence-electron chi connectivity index (χ4n) is 3.27. The van der Waals surface area contributed by atoms with Crippen molar-refractivity contribution < 1.29 is 24.5 Å². The van der Waals surface area contributed by atoms with Gasteiger partial charge in [-0.25, -0.2) is 4.79 Å². The highest BCUT2D eigenvalue weighted by Gasteiger charge is 2.32. The number of carbonyl (C=O) groups is 1. The van der Waals surface area contributed by atoms with Gasteiger partial charge in [-0.3, -0.25) is 4.48 Å². The summed E-state index contributed by atoms with van der Waals surface area (Å²) in [6, 6.07) is -0.302. The molecule has 2 atom stereocenters. The molecule has 0 fully saturated rings. The van der Waals surface area contributed by atoms with Gasteiger partial charge in [0.2, 0.25) is 6.73 Å². The minimum atomic E-state index is -0.302. The van der Waals surface area contributed by atoms with Gasteiger partial charge in [0.1, 0.15) is 12.2 Å². The second-order valence-electron chi connectivity index (χ2n) is 7.92. The van der Waals surface area contributed by atoms with Crippen LogP contribution in [0.4, 0.5) is 0 Å². The second kappa shape index (κ2) is 12.5. The van der Waals surface area contributed by atoms with E-state index in [1.54, 1.807) is 11.8 Å². The van der Waals surface area contributed by atoms with E-state index in [0.29, 0.717) is 23.7 Å². The van der Waals surface area contributed by atoms with E-state index in [1.165, 1.54) is 31.0 Å². The Morgan fingerprint density at radius 1 is 1.38 bits per heavy atom. The topological polar surface area (TPSA) is 89.0 Å². The van der Waals surface area contributed by atoms with E-state index >= 15 is 0 Å². The third-order valence-electron chi connectivity index (χ3n) is 5.13. The van der Waals surface area contributed by atoms with Gasteiger partial charge in [-0.1, -0.05) is 32.3 Å². The lowest BCUT2D eigenvalue weighted by molar-refractivity contribution is -0.919. The predicted molar refractivity (Wildman–Crippen MR) is 119 cm³/mol. The number of carbonyl (C=O) groups excluding carboxylic acids is 1. The molecule has 3 N–H and O–H groups in total. The predicted octanol–water partition coefficient (Wildman–Crippen LogP) is 2.60. The molecule has 1 aliphatic rings. The highest BCUT2D eigenvalue weighted by atomic mass is 32.2. The highest BCUT2D eigenvalue weighted by molar-refractivity contribution is 7.98. The molecule has 9 heteroatoms. The van der Waals surface area contributed by atoms with Crippen LogP contribution in [0.2, 0.25) is 0 Å². The molecule has 0 saturated carbocycles. The van der Waals surface area contributed by atoms with Crippen molar-refractivity contribution in [2.45, 2.75) is 51.5 Å². The molecular formula is C20H36N4O3S2+2. The number of aromatic nitrogens is 2. The number of quaternary nitrogens is 2. The lowest BCUT2D eigenvalue weighted by atomic mass is 10.1. The van der Waals surface area contributed by atoms with E-state index < -0.39 is 0 Å². The minimum Gasteiger partial charge on any atom is -0.475 e. The van der Waals surface area contributed by atoms with Crippen LogP contribution in [0.5, 0.6) is 5.88 Å². The van der Waals surface area contributed by atoms with Crippen LogP contribution < -0.4 is 10.5 Å². The summed E-state index contributed by atoms with van der Waals surface area (Å²) in [6.45, 7) is 4.90. The Morgan fingerprint density at radius 2 is 2.21 bits per heavy atom. The number of ether oxygens (including phenoxy) is 2. The number of likely N-dealkylation sites (N-methyl/N-ethyl adjacent to an activating group) is 1. The van der Waals surface area contributed by atoms with Crippen LogP contribution >= 0.6 is 23.5 Å². The molecule has 0 radical (unpaired) electrons. The van der Waals surface area contributed by atoms with Crippen LogP contribution in [-0.4, -0.2) is 70.7 Å². The van der Waals surface area contributed by atoms with E-state index in [9.17, 15) is 4.79 Å². The maximum absolute atomic E-state index is 12.2. The van der Waals surface area contributed by atoms with Crippen LogP contribution in [-0.2, 0) is 9.53 Å². The average molecular weight is 445 g/mol. The van der Waals surface area contributed by atoms with Gasteiger partial charge in [-0.15, -0.1) is 4.37 Å². The van der Waals surface area contributed by atoms with E-state index in [4.69, 9.17) is 9.47 Å². The van der Waals surface area contributed by atoms with Crippen molar-refractivity contribution in [2.75, 3.05) is 45.5 Å². The summed E-state index contributed by atoms with van der Waals surface area (Å²) in [6.07, 6.45) is 10.6. The molecule has 0 amide bonds. The van der Waals surface area contributed by atoms with Gasteiger partial charge in [0.15, 0.2) is 6.04 Å². The smallest absolute Gasteiger partial charge is 0.369 e. The summed E-state index contributed by atoms with van der Waals surface area (Å²) in [5, 5.41) is 0. The minimum absolute atomic E-state index is 0.207. The lowest BCUT2D eigenvalue weighted by Crippen LogP contribution is -2.66. The van der Waals surface area contributed by atoms with Crippen molar-refractivity contribution in [3.63, 3.8) is 0 Å². The Kier molecular flexibility index (Phi) is 10.4. The SMILES string of the molecule is CCCCCCOc1nsnc1C1=CCC[N+](C)(COC(=O)[C@@H]([NH3+])CCSC)C1. The summed E-state index contributed by atoms with van der Waals surface area (Å²) in [7, 11) is 2.12. The molecular weight excluding hydrogens is 408 g/mol. The number of unbranched alkanes of at least 4 members (excludes halogenated alkanes) is 3. The quantitative estimate of drug-likeness (QED) is 0.286.